The zero-order valence-electron chi connectivity index (χ0n) is 8.96. The van der Waals surface area contributed by atoms with Crippen LogP contribution in [-0.4, -0.2) is 5.91 Å². The summed E-state index contributed by atoms with van der Waals surface area (Å²) >= 11 is 11.6. The average molecular weight is 270 g/mol. The van der Waals surface area contributed by atoms with E-state index in [1.807, 2.05) is 19.1 Å². The van der Waals surface area contributed by atoms with E-state index in [2.05, 4.69) is 5.32 Å². The molecule has 0 aliphatic rings. The van der Waals surface area contributed by atoms with E-state index >= 15 is 0 Å². The fourth-order valence-electron chi connectivity index (χ4n) is 1.40. The van der Waals surface area contributed by atoms with Crippen LogP contribution in [0.4, 0.5) is 5.69 Å². The number of benzene rings is 1. The van der Waals surface area contributed by atoms with E-state index in [0.29, 0.717) is 10.7 Å². The SMILES string of the molecule is Cc1cccc(Cl)c1NC(=O)c1ccc(Cl)o1. The van der Waals surface area contributed by atoms with E-state index in [1.165, 1.54) is 12.1 Å². The summed E-state index contributed by atoms with van der Waals surface area (Å²) in [7, 11) is 0. The first kappa shape index (κ1) is 12.0. The lowest BCUT2D eigenvalue weighted by molar-refractivity contribution is 0.0996. The fraction of sp³-hybridized carbons (Fsp3) is 0.0833. The van der Waals surface area contributed by atoms with Crippen LogP contribution in [0.15, 0.2) is 34.7 Å². The number of hydrogen-bond acceptors (Lipinski definition) is 2. The van der Waals surface area contributed by atoms with Gasteiger partial charge in [0.15, 0.2) is 11.0 Å². The largest absolute Gasteiger partial charge is 0.440 e. The first-order chi connectivity index (χ1) is 8.08. The quantitative estimate of drug-likeness (QED) is 0.890. The molecule has 1 N–H and O–H groups in total. The number of halogens is 2. The third kappa shape index (κ3) is 2.62. The summed E-state index contributed by atoms with van der Waals surface area (Å²) in [5.74, 6) is -0.234. The number of carbonyl (C=O) groups excluding carboxylic acids is 1. The van der Waals surface area contributed by atoms with Crippen molar-refractivity contribution in [2.24, 2.45) is 0 Å². The highest BCUT2D eigenvalue weighted by Gasteiger charge is 2.13. The molecule has 3 nitrogen and oxygen atoms in total. The van der Waals surface area contributed by atoms with Crippen molar-refractivity contribution in [2.75, 3.05) is 5.32 Å². The van der Waals surface area contributed by atoms with E-state index in [4.69, 9.17) is 27.6 Å². The number of amides is 1. The molecule has 2 aromatic rings. The summed E-state index contributed by atoms with van der Waals surface area (Å²) in [5.41, 5.74) is 1.45. The molecule has 0 unspecified atom stereocenters. The third-order valence-corrected chi connectivity index (χ3v) is 2.78. The Labute approximate surface area is 108 Å². The molecule has 0 spiro atoms. The molecular formula is C12H9Cl2NO2. The van der Waals surface area contributed by atoms with Gasteiger partial charge in [-0.1, -0.05) is 23.7 Å². The minimum atomic E-state index is -0.381. The Bertz CT molecular complexity index is 543. The van der Waals surface area contributed by atoms with Gasteiger partial charge >= 0.3 is 0 Å². The second-order valence-electron chi connectivity index (χ2n) is 3.49. The zero-order chi connectivity index (χ0) is 12.4. The number of nitrogens with one attached hydrogen (secondary N) is 1. The lowest BCUT2D eigenvalue weighted by Gasteiger charge is -2.08. The van der Waals surface area contributed by atoms with Gasteiger partial charge in [-0.2, -0.15) is 0 Å². The van der Waals surface area contributed by atoms with E-state index in [9.17, 15) is 4.79 Å². The number of rotatable bonds is 2. The van der Waals surface area contributed by atoms with Crippen LogP contribution < -0.4 is 5.32 Å². The molecule has 0 saturated carbocycles. The Morgan fingerprint density at radius 1 is 1.24 bits per heavy atom. The van der Waals surface area contributed by atoms with Crippen molar-refractivity contribution in [1.82, 2.24) is 0 Å². The van der Waals surface area contributed by atoms with Crippen molar-refractivity contribution in [3.63, 3.8) is 0 Å². The second kappa shape index (κ2) is 4.82. The first-order valence-corrected chi connectivity index (χ1v) is 5.65. The van der Waals surface area contributed by atoms with E-state index in [0.717, 1.165) is 5.56 Å². The van der Waals surface area contributed by atoms with Crippen LogP contribution in [0.3, 0.4) is 0 Å². The van der Waals surface area contributed by atoms with Gasteiger partial charge in [0.25, 0.3) is 5.91 Å². The topological polar surface area (TPSA) is 42.2 Å². The number of furan rings is 1. The van der Waals surface area contributed by atoms with Gasteiger partial charge in [0.2, 0.25) is 0 Å². The molecule has 0 fully saturated rings. The minimum Gasteiger partial charge on any atom is -0.440 e. The minimum absolute atomic E-state index is 0.148. The van der Waals surface area contributed by atoms with Gasteiger partial charge in [0.1, 0.15) is 0 Å². The highest BCUT2D eigenvalue weighted by molar-refractivity contribution is 6.34. The van der Waals surface area contributed by atoms with Gasteiger partial charge in [0, 0.05) is 0 Å². The maximum atomic E-state index is 11.8. The standard InChI is InChI=1S/C12H9Cl2NO2/c1-7-3-2-4-8(13)11(7)15-12(16)9-5-6-10(14)17-9/h2-6H,1H3,(H,15,16). The molecule has 2 rings (SSSR count). The zero-order valence-corrected chi connectivity index (χ0v) is 10.5. The van der Waals surface area contributed by atoms with Crippen LogP contribution in [0.25, 0.3) is 0 Å². The summed E-state index contributed by atoms with van der Waals surface area (Å²) in [6.45, 7) is 1.86. The summed E-state index contributed by atoms with van der Waals surface area (Å²) in [6, 6.07) is 8.40. The Kier molecular flexibility index (Phi) is 3.41. The number of hydrogen-bond donors (Lipinski definition) is 1. The van der Waals surface area contributed by atoms with Crippen LogP contribution in [0.1, 0.15) is 16.1 Å². The molecule has 1 aromatic heterocycles. The predicted molar refractivity (Wildman–Crippen MR) is 67.9 cm³/mol. The van der Waals surface area contributed by atoms with Crippen molar-refractivity contribution in [1.29, 1.82) is 0 Å². The molecular weight excluding hydrogens is 261 g/mol. The predicted octanol–water partition coefficient (Wildman–Crippen LogP) is 4.15. The van der Waals surface area contributed by atoms with Gasteiger partial charge in [-0.05, 0) is 42.3 Å². The molecule has 1 heterocycles. The molecule has 88 valence electrons. The molecule has 0 saturated heterocycles. The number of anilines is 1. The number of para-hydroxylation sites is 1. The van der Waals surface area contributed by atoms with Crippen molar-refractivity contribution in [3.8, 4) is 0 Å². The van der Waals surface area contributed by atoms with Crippen molar-refractivity contribution < 1.29 is 9.21 Å². The van der Waals surface area contributed by atoms with Crippen LogP contribution in [0.5, 0.6) is 0 Å². The molecule has 17 heavy (non-hydrogen) atoms. The molecule has 0 radical (unpaired) electrons. The maximum Gasteiger partial charge on any atom is 0.291 e. The lowest BCUT2D eigenvalue weighted by atomic mass is 10.2. The molecule has 0 aliphatic carbocycles. The van der Waals surface area contributed by atoms with Crippen LogP contribution >= 0.6 is 23.2 Å². The van der Waals surface area contributed by atoms with Gasteiger partial charge in [0.05, 0.1) is 10.7 Å². The molecule has 1 amide bonds. The second-order valence-corrected chi connectivity index (χ2v) is 4.27. The summed E-state index contributed by atoms with van der Waals surface area (Å²) in [6.07, 6.45) is 0. The Morgan fingerprint density at radius 2 is 2.00 bits per heavy atom. The van der Waals surface area contributed by atoms with E-state index in [-0.39, 0.29) is 16.9 Å². The first-order valence-electron chi connectivity index (χ1n) is 4.90. The highest BCUT2D eigenvalue weighted by atomic mass is 35.5. The van der Waals surface area contributed by atoms with E-state index in [1.54, 1.807) is 6.07 Å². The van der Waals surface area contributed by atoms with E-state index < -0.39 is 0 Å². The summed E-state index contributed by atoms with van der Waals surface area (Å²) < 4.78 is 5.01. The van der Waals surface area contributed by atoms with Crippen LogP contribution in [0.2, 0.25) is 10.2 Å². The fourth-order valence-corrected chi connectivity index (χ4v) is 1.82. The summed E-state index contributed by atoms with van der Waals surface area (Å²) in [5, 5.41) is 3.34. The molecule has 0 atom stereocenters. The molecule has 5 heteroatoms. The average Bonchev–Trinajstić information content (AvgIpc) is 2.70. The highest BCUT2D eigenvalue weighted by Crippen LogP contribution is 2.26. The Hall–Kier alpha value is -1.45. The van der Waals surface area contributed by atoms with Crippen LogP contribution in [-0.2, 0) is 0 Å². The van der Waals surface area contributed by atoms with Gasteiger partial charge in [-0.3, -0.25) is 4.79 Å². The van der Waals surface area contributed by atoms with Gasteiger partial charge in [-0.15, -0.1) is 0 Å². The summed E-state index contributed by atoms with van der Waals surface area (Å²) in [4.78, 5) is 11.8. The maximum absolute atomic E-state index is 11.8. The lowest BCUT2D eigenvalue weighted by Crippen LogP contribution is -2.12. The third-order valence-electron chi connectivity index (χ3n) is 2.26. The Morgan fingerprint density at radius 3 is 2.59 bits per heavy atom. The van der Waals surface area contributed by atoms with Crippen molar-refractivity contribution >= 4 is 34.8 Å². The molecule has 0 bridgehead atoms. The number of carbonyl (C=O) groups is 1. The smallest absolute Gasteiger partial charge is 0.291 e. The van der Waals surface area contributed by atoms with Gasteiger partial charge in [-0.25, -0.2) is 0 Å². The Balaban J connectivity index is 2.24. The van der Waals surface area contributed by atoms with Crippen LogP contribution in [0, 0.1) is 6.92 Å². The monoisotopic (exact) mass is 269 g/mol. The van der Waals surface area contributed by atoms with Crippen molar-refractivity contribution in [2.45, 2.75) is 6.92 Å². The van der Waals surface area contributed by atoms with Crippen molar-refractivity contribution in [3.05, 3.63) is 51.9 Å². The molecule has 1 aromatic carbocycles. The normalized spacial score (nSPS) is 10.3. The molecule has 0 aliphatic heterocycles. The number of aryl methyl sites for hydroxylation is 1. The van der Waals surface area contributed by atoms with Gasteiger partial charge < -0.3 is 9.73 Å².